The number of benzene rings is 1. The predicted molar refractivity (Wildman–Crippen MR) is 91.6 cm³/mol. The van der Waals surface area contributed by atoms with Crippen LogP contribution in [0.15, 0.2) is 24.3 Å². The zero-order chi connectivity index (χ0) is 18.2. The first kappa shape index (κ1) is 18.6. The van der Waals surface area contributed by atoms with Gasteiger partial charge < -0.3 is 25.4 Å². The Kier molecular flexibility index (Phi) is 6.62. The third kappa shape index (κ3) is 5.66. The number of carboxylic acids is 1. The van der Waals surface area contributed by atoms with Crippen LogP contribution in [-0.4, -0.2) is 54.2 Å². The second kappa shape index (κ2) is 8.91. The fourth-order valence-corrected chi connectivity index (χ4v) is 2.63. The first-order valence-electron chi connectivity index (χ1n) is 8.28. The summed E-state index contributed by atoms with van der Waals surface area (Å²) in [6.07, 6.45) is 1.25. The van der Waals surface area contributed by atoms with Gasteiger partial charge in [-0.25, -0.2) is 4.79 Å². The van der Waals surface area contributed by atoms with Crippen molar-refractivity contribution in [1.82, 2.24) is 10.2 Å². The summed E-state index contributed by atoms with van der Waals surface area (Å²) in [5.41, 5.74) is 0.524. The number of nitrogens with zero attached hydrogens (tertiary/aromatic N) is 1. The van der Waals surface area contributed by atoms with Gasteiger partial charge in [-0.15, -0.1) is 0 Å². The molecule has 1 atom stereocenters. The van der Waals surface area contributed by atoms with Crippen molar-refractivity contribution in [1.29, 1.82) is 0 Å². The Bertz CT molecular complexity index is 634. The van der Waals surface area contributed by atoms with E-state index in [1.54, 1.807) is 24.3 Å². The van der Waals surface area contributed by atoms with E-state index in [1.165, 1.54) is 4.90 Å². The molecule has 1 unspecified atom stereocenters. The molecule has 2 rings (SSSR count). The van der Waals surface area contributed by atoms with Gasteiger partial charge in [-0.3, -0.25) is 9.59 Å². The van der Waals surface area contributed by atoms with E-state index in [9.17, 15) is 14.4 Å². The maximum Gasteiger partial charge on any atom is 0.321 e. The molecule has 0 aromatic heterocycles. The Labute approximate surface area is 146 Å². The van der Waals surface area contributed by atoms with Crippen LogP contribution in [0, 0.1) is 5.92 Å². The molecule has 0 spiro atoms. The average Bonchev–Trinajstić information content (AvgIpc) is 2.60. The maximum absolute atomic E-state index is 12.3. The molecule has 1 heterocycles. The average molecular weight is 349 g/mol. The van der Waals surface area contributed by atoms with Crippen LogP contribution < -0.4 is 15.4 Å². The SMILES string of the molecule is CCNC(=O)COc1cccc(NC(=O)N2CCCC(C(=O)O)C2)c1. The summed E-state index contributed by atoms with van der Waals surface area (Å²) in [4.78, 5) is 36.3. The zero-order valence-electron chi connectivity index (χ0n) is 14.2. The maximum atomic E-state index is 12.3. The number of aliphatic carboxylic acids is 1. The smallest absolute Gasteiger partial charge is 0.321 e. The van der Waals surface area contributed by atoms with E-state index in [4.69, 9.17) is 9.84 Å². The molecule has 1 aliphatic heterocycles. The van der Waals surface area contributed by atoms with Crippen molar-refractivity contribution < 1.29 is 24.2 Å². The highest BCUT2D eigenvalue weighted by Gasteiger charge is 2.28. The summed E-state index contributed by atoms with van der Waals surface area (Å²) in [5.74, 6) is -1.15. The number of carbonyl (C=O) groups excluding carboxylic acids is 2. The molecule has 25 heavy (non-hydrogen) atoms. The number of piperidine rings is 1. The van der Waals surface area contributed by atoms with Crippen LogP contribution in [0.4, 0.5) is 10.5 Å². The molecular formula is C17H23N3O5. The molecule has 0 radical (unpaired) electrons. The second-order valence-electron chi connectivity index (χ2n) is 5.82. The molecular weight excluding hydrogens is 326 g/mol. The first-order valence-corrected chi connectivity index (χ1v) is 8.28. The lowest BCUT2D eigenvalue weighted by Gasteiger charge is -2.30. The van der Waals surface area contributed by atoms with Crippen LogP contribution in [0.1, 0.15) is 19.8 Å². The molecule has 8 nitrogen and oxygen atoms in total. The number of hydrogen-bond donors (Lipinski definition) is 3. The van der Waals surface area contributed by atoms with Gasteiger partial charge in [0.1, 0.15) is 5.75 Å². The van der Waals surface area contributed by atoms with Crippen molar-refractivity contribution in [2.75, 3.05) is 31.6 Å². The minimum atomic E-state index is -0.877. The molecule has 136 valence electrons. The molecule has 3 amide bonds. The number of carboxylic acid groups (broad SMARTS) is 1. The van der Waals surface area contributed by atoms with Crippen molar-refractivity contribution in [3.05, 3.63) is 24.3 Å². The van der Waals surface area contributed by atoms with Gasteiger partial charge in [0.2, 0.25) is 0 Å². The summed E-state index contributed by atoms with van der Waals surface area (Å²) in [7, 11) is 0. The van der Waals surface area contributed by atoms with Gasteiger partial charge >= 0.3 is 12.0 Å². The molecule has 1 aromatic rings. The molecule has 1 aliphatic rings. The van der Waals surface area contributed by atoms with Gasteiger partial charge in [-0.2, -0.15) is 0 Å². The minimum Gasteiger partial charge on any atom is -0.484 e. The van der Waals surface area contributed by atoms with Crippen LogP contribution >= 0.6 is 0 Å². The van der Waals surface area contributed by atoms with Crippen molar-refractivity contribution in [3.63, 3.8) is 0 Å². The Morgan fingerprint density at radius 3 is 2.88 bits per heavy atom. The number of anilines is 1. The molecule has 0 bridgehead atoms. The minimum absolute atomic E-state index is 0.0995. The van der Waals surface area contributed by atoms with Gasteiger partial charge in [-0.1, -0.05) is 6.07 Å². The number of likely N-dealkylation sites (N-methyl/N-ethyl adjacent to an activating group) is 1. The Balaban J connectivity index is 1.91. The van der Waals surface area contributed by atoms with Crippen LogP contribution in [0.25, 0.3) is 0 Å². The molecule has 3 N–H and O–H groups in total. The lowest BCUT2D eigenvalue weighted by Crippen LogP contribution is -2.44. The standard InChI is InChI=1S/C17H23N3O5/c1-2-18-15(21)11-25-14-7-3-6-13(9-14)19-17(24)20-8-4-5-12(10-20)16(22)23/h3,6-7,9,12H,2,4-5,8,10-11H2,1H3,(H,18,21)(H,19,24)(H,22,23). The number of ether oxygens (including phenoxy) is 1. The highest BCUT2D eigenvalue weighted by Crippen LogP contribution is 2.20. The van der Waals surface area contributed by atoms with Crippen molar-refractivity contribution >= 4 is 23.6 Å². The van der Waals surface area contributed by atoms with E-state index in [-0.39, 0.29) is 25.1 Å². The third-order valence-corrected chi connectivity index (χ3v) is 3.89. The van der Waals surface area contributed by atoms with Crippen LogP contribution in [-0.2, 0) is 9.59 Å². The van der Waals surface area contributed by atoms with Crippen LogP contribution in [0.2, 0.25) is 0 Å². The molecule has 0 saturated carbocycles. The fraction of sp³-hybridized carbons (Fsp3) is 0.471. The first-order chi connectivity index (χ1) is 12.0. The second-order valence-corrected chi connectivity index (χ2v) is 5.82. The lowest BCUT2D eigenvalue weighted by atomic mass is 9.99. The van der Waals surface area contributed by atoms with Gasteiger partial charge in [0, 0.05) is 31.4 Å². The number of nitrogens with one attached hydrogen (secondary N) is 2. The Hall–Kier alpha value is -2.77. The van der Waals surface area contributed by atoms with E-state index in [1.807, 2.05) is 6.92 Å². The largest absolute Gasteiger partial charge is 0.484 e. The lowest BCUT2D eigenvalue weighted by molar-refractivity contribution is -0.143. The van der Waals surface area contributed by atoms with Gasteiger partial charge in [0.25, 0.3) is 5.91 Å². The van der Waals surface area contributed by atoms with E-state index < -0.39 is 11.9 Å². The van der Waals surface area contributed by atoms with E-state index in [2.05, 4.69) is 10.6 Å². The monoisotopic (exact) mass is 349 g/mol. The topological polar surface area (TPSA) is 108 Å². The Morgan fingerprint density at radius 2 is 2.16 bits per heavy atom. The van der Waals surface area contributed by atoms with Crippen molar-refractivity contribution in [2.45, 2.75) is 19.8 Å². The Morgan fingerprint density at radius 1 is 1.36 bits per heavy atom. The van der Waals surface area contributed by atoms with Crippen LogP contribution in [0.5, 0.6) is 5.75 Å². The van der Waals surface area contributed by atoms with Crippen molar-refractivity contribution in [3.8, 4) is 5.75 Å². The number of amides is 3. The summed E-state index contributed by atoms with van der Waals surface area (Å²) in [5, 5.41) is 14.5. The van der Waals surface area contributed by atoms with Gasteiger partial charge in [-0.05, 0) is 31.9 Å². The van der Waals surface area contributed by atoms with Crippen LogP contribution in [0.3, 0.4) is 0 Å². The van der Waals surface area contributed by atoms with E-state index in [0.717, 1.165) is 0 Å². The summed E-state index contributed by atoms with van der Waals surface area (Å²) in [6, 6.07) is 6.38. The number of likely N-dealkylation sites (tertiary alicyclic amines) is 1. The predicted octanol–water partition coefficient (Wildman–Crippen LogP) is 1.53. The van der Waals surface area contributed by atoms with Crippen molar-refractivity contribution in [2.24, 2.45) is 5.92 Å². The third-order valence-electron chi connectivity index (χ3n) is 3.89. The molecule has 1 aromatic carbocycles. The fourth-order valence-electron chi connectivity index (χ4n) is 2.63. The molecule has 8 heteroatoms. The summed E-state index contributed by atoms with van der Waals surface area (Å²) < 4.78 is 5.38. The number of rotatable bonds is 6. The highest BCUT2D eigenvalue weighted by molar-refractivity contribution is 5.90. The highest BCUT2D eigenvalue weighted by atomic mass is 16.5. The zero-order valence-corrected chi connectivity index (χ0v) is 14.2. The number of hydrogen-bond acceptors (Lipinski definition) is 4. The van der Waals surface area contributed by atoms with E-state index >= 15 is 0 Å². The summed E-state index contributed by atoms with van der Waals surface area (Å²) >= 11 is 0. The molecule has 0 aliphatic carbocycles. The number of urea groups is 1. The van der Waals surface area contributed by atoms with E-state index in [0.29, 0.717) is 37.4 Å². The summed E-state index contributed by atoms with van der Waals surface area (Å²) in [6.45, 7) is 2.99. The normalized spacial score (nSPS) is 16.8. The quantitative estimate of drug-likeness (QED) is 0.722. The van der Waals surface area contributed by atoms with Gasteiger partial charge in [0.05, 0.1) is 5.92 Å². The molecule has 1 saturated heterocycles. The number of carbonyl (C=O) groups is 3. The molecule has 1 fully saturated rings. The van der Waals surface area contributed by atoms with Gasteiger partial charge in [0.15, 0.2) is 6.61 Å².